The molecule has 0 amide bonds. The standard InChI is InChI=1S/C13H16N2/c1-11(12-6-3-2-4-7-12)15-10-13-8-5-9-14-13/h2-9,11,14-15H,10H2,1H3. The first-order chi connectivity index (χ1) is 7.36. The molecular formula is C13H16N2. The molecule has 0 spiro atoms. The van der Waals surface area contributed by atoms with Crippen molar-refractivity contribution < 1.29 is 0 Å². The summed E-state index contributed by atoms with van der Waals surface area (Å²) >= 11 is 0. The molecule has 2 nitrogen and oxygen atoms in total. The highest BCUT2D eigenvalue weighted by molar-refractivity contribution is 5.18. The first kappa shape index (κ1) is 9.99. The Balaban J connectivity index is 1.90. The van der Waals surface area contributed by atoms with E-state index in [9.17, 15) is 0 Å². The predicted molar refractivity (Wildman–Crippen MR) is 62.5 cm³/mol. The molecule has 0 saturated carbocycles. The number of nitrogens with one attached hydrogen (secondary N) is 2. The molecule has 78 valence electrons. The van der Waals surface area contributed by atoms with E-state index >= 15 is 0 Å². The van der Waals surface area contributed by atoms with Crippen LogP contribution >= 0.6 is 0 Å². The Bertz CT molecular complexity index is 378. The molecule has 1 unspecified atom stereocenters. The molecule has 1 atom stereocenters. The van der Waals surface area contributed by atoms with Crippen molar-refractivity contribution in [1.82, 2.24) is 10.3 Å². The third-order valence-electron chi connectivity index (χ3n) is 2.56. The first-order valence-corrected chi connectivity index (χ1v) is 5.27. The minimum atomic E-state index is 0.384. The fourth-order valence-corrected chi connectivity index (χ4v) is 1.60. The molecule has 0 aliphatic carbocycles. The molecular weight excluding hydrogens is 184 g/mol. The highest BCUT2D eigenvalue weighted by Gasteiger charge is 2.03. The van der Waals surface area contributed by atoms with Gasteiger partial charge in [0.1, 0.15) is 0 Å². The summed E-state index contributed by atoms with van der Waals surface area (Å²) in [6.45, 7) is 3.06. The highest BCUT2D eigenvalue weighted by Crippen LogP contribution is 2.11. The van der Waals surface area contributed by atoms with Crippen LogP contribution in [-0.4, -0.2) is 4.98 Å². The van der Waals surface area contributed by atoms with Crippen LogP contribution in [0.2, 0.25) is 0 Å². The minimum absolute atomic E-state index is 0.384. The molecule has 2 rings (SSSR count). The van der Waals surface area contributed by atoms with Crippen molar-refractivity contribution in [2.24, 2.45) is 0 Å². The van der Waals surface area contributed by atoms with Crippen molar-refractivity contribution >= 4 is 0 Å². The van der Waals surface area contributed by atoms with Gasteiger partial charge in [0.15, 0.2) is 0 Å². The summed E-state index contributed by atoms with van der Waals surface area (Å²) in [6, 6.07) is 15.0. The zero-order chi connectivity index (χ0) is 10.5. The van der Waals surface area contributed by atoms with Gasteiger partial charge in [0.05, 0.1) is 0 Å². The molecule has 15 heavy (non-hydrogen) atoms. The van der Waals surface area contributed by atoms with Gasteiger partial charge >= 0.3 is 0 Å². The molecule has 0 aliphatic heterocycles. The SMILES string of the molecule is CC(NCc1ccc[nH]1)c1ccccc1. The van der Waals surface area contributed by atoms with Crippen molar-refractivity contribution in [3.8, 4) is 0 Å². The average molecular weight is 200 g/mol. The molecule has 2 heteroatoms. The van der Waals surface area contributed by atoms with Crippen LogP contribution in [0.5, 0.6) is 0 Å². The van der Waals surface area contributed by atoms with E-state index in [0.29, 0.717) is 6.04 Å². The van der Waals surface area contributed by atoms with Gasteiger partial charge in [-0.25, -0.2) is 0 Å². The number of benzene rings is 1. The van der Waals surface area contributed by atoms with Gasteiger partial charge in [0, 0.05) is 24.5 Å². The van der Waals surface area contributed by atoms with Gasteiger partial charge in [-0.2, -0.15) is 0 Å². The van der Waals surface area contributed by atoms with E-state index in [1.165, 1.54) is 11.3 Å². The maximum Gasteiger partial charge on any atom is 0.0362 e. The topological polar surface area (TPSA) is 27.8 Å². The summed E-state index contributed by atoms with van der Waals surface area (Å²) in [5.74, 6) is 0. The lowest BCUT2D eigenvalue weighted by Gasteiger charge is -2.13. The van der Waals surface area contributed by atoms with Crippen molar-refractivity contribution in [2.75, 3.05) is 0 Å². The zero-order valence-electron chi connectivity index (χ0n) is 8.90. The number of rotatable bonds is 4. The fraction of sp³-hybridized carbons (Fsp3) is 0.231. The van der Waals surface area contributed by atoms with Crippen molar-refractivity contribution in [3.63, 3.8) is 0 Å². The lowest BCUT2D eigenvalue weighted by molar-refractivity contribution is 0.569. The highest BCUT2D eigenvalue weighted by atomic mass is 14.9. The van der Waals surface area contributed by atoms with Gasteiger partial charge in [-0.1, -0.05) is 30.3 Å². The van der Waals surface area contributed by atoms with Gasteiger partial charge in [-0.15, -0.1) is 0 Å². The maximum atomic E-state index is 3.47. The molecule has 1 heterocycles. The van der Waals surface area contributed by atoms with Crippen LogP contribution < -0.4 is 5.32 Å². The fourth-order valence-electron chi connectivity index (χ4n) is 1.60. The third kappa shape index (κ3) is 2.70. The number of aromatic nitrogens is 1. The van der Waals surface area contributed by atoms with E-state index in [2.05, 4.69) is 47.6 Å². The second kappa shape index (κ2) is 4.80. The number of hydrogen-bond acceptors (Lipinski definition) is 1. The summed E-state index contributed by atoms with van der Waals surface area (Å²) in [5.41, 5.74) is 2.54. The number of aromatic amines is 1. The first-order valence-electron chi connectivity index (χ1n) is 5.27. The van der Waals surface area contributed by atoms with E-state index < -0.39 is 0 Å². The van der Waals surface area contributed by atoms with Gasteiger partial charge in [0.25, 0.3) is 0 Å². The third-order valence-corrected chi connectivity index (χ3v) is 2.56. The summed E-state index contributed by atoms with van der Waals surface area (Å²) in [7, 11) is 0. The van der Waals surface area contributed by atoms with E-state index in [-0.39, 0.29) is 0 Å². The Kier molecular flexibility index (Phi) is 3.20. The molecule has 2 N–H and O–H groups in total. The van der Waals surface area contributed by atoms with Crippen molar-refractivity contribution in [2.45, 2.75) is 19.5 Å². The molecule has 0 radical (unpaired) electrons. The Hall–Kier alpha value is -1.54. The summed E-state index contributed by atoms with van der Waals surface area (Å²) in [4.78, 5) is 3.18. The van der Waals surface area contributed by atoms with Gasteiger partial charge in [0.2, 0.25) is 0 Å². The Morgan fingerprint density at radius 3 is 2.60 bits per heavy atom. The van der Waals surface area contributed by atoms with Crippen molar-refractivity contribution in [3.05, 3.63) is 59.9 Å². The molecule has 0 aliphatic rings. The van der Waals surface area contributed by atoms with Crippen molar-refractivity contribution in [1.29, 1.82) is 0 Å². The summed E-state index contributed by atoms with van der Waals surface area (Å²) < 4.78 is 0. The van der Waals surface area contributed by atoms with E-state index in [0.717, 1.165) is 6.54 Å². The Morgan fingerprint density at radius 1 is 1.13 bits per heavy atom. The van der Waals surface area contributed by atoms with E-state index in [1.807, 2.05) is 18.3 Å². The predicted octanol–water partition coefficient (Wildman–Crippen LogP) is 2.87. The minimum Gasteiger partial charge on any atom is -0.364 e. The van der Waals surface area contributed by atoms with E-state index in [1.54, 1.807) is 0 Å². The quantitative estimate of drug-likeness (QED) is 0.780. The van der Waals surface area contributed by atoms with Crippen LogP contribution in [0, 0.1) is 0 Å². The molecule has 0 bridgehead atoms. The molecule has 1 aromatic carbocycles. The van der Waals surface area contributed by atoms with Crippen LogP contribution in [0.15, 0.2) is 48.7 Å². The molecule has 1 aromatic heterocycles. The van der Waals surface area contributed by atoms with Crippen LogP contribution in [0.1, 0.15) is 24.2 Å². The van der Waals surface area contributed by atoms with Crippen LogP contribution in [0.3, 0.4) is 0 Å². The average Bonchev–Trinajstić information content (AvgIpc) is 2.80. The van der Waals surface area contributed by atoms with Crippen LogP contribution in [0.25, 0.3) is 0 Å². The Labute approximate surface area is 90.3 Å². The zero-order valence-corrected chi connectivity index (χ0v) is 8.90. The molecule has 2 aromatic rings. The number of H-pyrrole nitrogens is 1. The Morgan fingerprint density at radius 2 is 1.93 bits per heavy atom. The molecule has 0 fully saturated rings. The van der Waals surface area contributed by atoms with E-state index in [4.69, 9.17) is 0 Å². The molecule has 0 saturated heterocycles. The number of hydrogen-bond donors (Lipinski definition) is 2. The van der Waals surface area contributed by atoms with Crippen LogP contribution in [0.4, 0.5) is 0 Å². The lowest BCUT2D eigenvalue weighted by Crippen LogP contribution is -2.18. The lowest BCUT2D eigenvalue weighted by atomic mass is 10.1. The van der Waals surface area contributed by atoms with Crippen LogP contribution in [-0.2, 0) is 6.54 Å². The maximum absolute atomic E-state index is 3.47. The summed E-state index contributed by atoms with van der Waals surface area (Å²) in [6.07, 6.45) is 1.95. The summed E-state index contributed by atoms with van der Waals surface area (Å²) in [5, 5.41) is 3.47. The largest absolute Gasteiger partial charge is 0.364 e. The second-order valence-corrected chi connectivity index (χ2v) is 3.71. The normalized spacial score (nSPS) is 12.6. The monoisotopic (exact) mass is 200 g/mol. The smallest absolute Gasteiger partial charge is 0.0362 e. The van der Waals surface area contributed by atoms with Gasteiger partial charge in [-0.05, 0) is 24.6 Å². The van der Waals surface area contributed by atoms with Gasteiger partial charge in [-0.3, -0.25) is 0 Å². The second-order valence-electron chi connectivity index (χ2n) is 3.71. The van der Waals surface area contributed by atoms with Gasteiger partial charge < -0.3 is 10.3 Å².